The van der Waals surface area contributed by atoms with Gasteiger partial charge in [-0.1, -0.05) is 11.6 Å². The van der Waals surface area contributed by atoms with Crippen LogP contribution in [0.25, 0.3) is 0 Å². The Hall–Kier alpha value is -1.24. The summed E-state index contributed by atoms with van der Waals surface area (Å²) in [6, 6.07) is 0. The number of aromatic nitrogens is 2. The Balaban J connectivity index is 2.35. The van der Waals surface area contributed by atoms with Gasteiger partial charge in [-0.15, -0.1) is 0 Å². The Morgan fingerprint density at radius 3 is 3.00 bits per heavy atom. The first-order valence-electron chi connectivity index (χ1n) is 5.96. The van der Waals surface area contributed by atoms with Crippen molar-refractivity contribution in [1.82, 2.24) is 9.97 Å². The van der Waals surface area contributed by atoms with Crippen molar-refractivity contribution in [3.05, 3.63) is 17.0 Å². The van der Waals surface area contributed by atoms with E-state index >= 15 is 0 Å². The van der Waals surface area contributed by atoms with Gasteiger partial charge in [-0.3, -0.25) is 4.79 Å². The van der Waals surface area contributed by atoms with E-state index < -0.39 is 5.60 Å². The van der Waals surface area contributed by atoms with Crippen LogP contribution in [-0.4, -0.2) is 52.8 Å². The molecule has 2 heterocycles. The SMILES string of the molecule is CC1(C)CN(c2ncnc(Cl)c2C=O)CC(CO)O1. The molecular weight excluding hydrogens is 270 g/mol. The normalized spacial score (nSPS) is 22.3. The molecule has 0 bridgehead atoms. The van der Waals surface area contributed by atoms with Gasteiger partial charge in [0, 0.05) is 13.1 Å². The molecular formula is C12H16ClN3O3. The summed E-state index contributed by atoms with van der Waals surface area (Å²) in [6.07, 6.45) is 1.65. The summed E-state index contributed by atoms with van der Waals surface area (Å²) < 4.78 is 5.72. The van der Waals surface area contributed by atoms with Crippen LogP contribution in [-0.2, 0) is 4.74 Å². The Bertz CT molecular complexity index is 481. The van der Waals surface area contributed by atoms with Crippen molar-refractivity contribution in [1.29, 1.82) is 0 Å². The van der Waals surface area contributed by atoms with Crippen molar-refractivity contribution >= 4 is 23.7 Å². The quantitative estimate of drug-likeness (QED) is 0.657. The number of nitrogens with zero attached hydrogens (tertiary/aromatic N) is 3. The Kier molecular flexibility index (Phi) is 4.03. The van der Waals surface area contributed by atoms with Gasteiger partial charge in [-0.05, 0) is 13.8 Å². The molecule has 7 heteroatoms. The van der Waals surface area contributed by atoms with Crippen molar-refractivity contribution in [2.75, 3.05) is 24.6 Å². The minimum Gasteiger partial charge on any atom is -0.394 e. The lowest BCUT2D eigenvalue weighted by Crippen LogP contribution is -2.54. The summed E-state index contributed by atoms with van der Waals surface area (Å²) in [7, 11) is 0. The monoisotopic (exact) mass is 285 g/mol. The van der Waals surface area contributed by atoms with E-state index in [1.165, 1.54) is 6.33 Å². The molecule has 0 aromatic carbocycles. The van der Waals surface area contributed by atoms with Crippen molar-refractivity contribution < 1.29 is 14.6 Å². The summed E-state index contributed by atoms with van der Waals surface area (Å²) in [5.41, 5.74) is -0.179. The number of hydrogen-bond acceptors (Lipinski definition) is 6. The highest BCUT2D eigenvalue weighted by Crippen LogP contribution is 2.28. The van der Waals surface area contributed by atoms with Crippen LogP contribution >= 0.6 is 11.6 Å². The number of halogens is 1. The van der Waals surface area contributed by atoms with Crippen LogP contribution in [0.4, 0.5) is 5.82 Å². The average Bonchev–Trinajstić information content (AvgIpc) is 2.36. The third-order valence-electron chi connectivity index (χ3n) is 2.92. The van der Waals surface area contributed by atoms with Gasteiger partial charge >= 0.3 is 0 Å². The number of aliphatic hydroxyl groups excluding tert-OH is 1. The highest BCUT2D eigenvalue weighted by Gasteiger charge is 2.34. The number of anilines is 1. The van der Waals surface area contributed by atoms with E-state index in [4.69, 9.17) is 16.3 Å². The third kappa shape index (κ3) is 3.02. The number of morpholine rings is 1. The molecule has 1 fully saturated rings. The Morgan fingerprint density at radius 1 is 1.63 bits per heavy atom. The fraction of sp³-hybridized carbons (Fsp3) is 0.583. The fourth-order valence-electron chi connectivity index (χ4n) is 2.27. The van der Waals surface area contributed by atoms with E-state index in [0.29, 0.717) is 25.2 Å². The zero-order valence-electron chi connectivity index (χ0n) is 10.8. The van der Waals surface area contributed by atoms with Gasteiger partial charge < -0.3 is 14.7 Å². The molecule has 6 nitrogen and oxygen atoms in total. The largest absolute Gasteiger partial charge is 0.394 e. The van der Waals surface area contributed by atoms with Gasteiger partial charge in [0.1, 0.15) is 17.3 Å². The van der Waals surface area contributed by atoms with Gasteiger partial charge in [-0.25, -0.2) is 9.97 Å². The van der Waals surface area contributed by atoms with E-state index in [2.05, 4.69) is 9.97 Å². The van der Waals surface area contributed by atoms with Crippen LogP contribution in [0, 0.1) is 0 Å². The molecule has 1 aromatic rings. The summed E-state index contributed by atoms with van der Waals surface area (Å²) in [5.74, 6) is 0.477. The van der Waals surface area contributed by atoms with E-state index in [-0.39, 0.29) is 23.4 Å². The summed E-state index contributed by atoms with van der Waals surface area (Å²) in [6.45, 7) is 4.76. The first-order valence-corrected chi connectivity index (χ1v) is 6.34. The van der Waals surface area contributed by atoms with E-state index in [9.17, 15) is 9.90 Å². The maximum atomic E-state index is 11.1. The molecule has 104 valence electrons. The molecule has 19 heavy (non-hydrogen) atoms. The molecule has 0 spiro atoms. The Labute approximate surface area is 116 Å². The van der Waals surface area contributed by atoms with E-state index in [1.807, 2.05) is 18.7 Å². The number of rotatable bonds is 3. The van der Waals surface area contributed by atoms with E-state index in [1.54, 1.807) is 0 Å². The molecule has 1 N–H and O–H groups in total. The summed E-state index contributed by atoms with van der Waals surface area (Å²) in [4.78, 5) is 20.9. The van der Waals surface area contributed by atoms with E-state index in [0.717, 1.165) is 0 Å². The summed E-state index contributed by atoms with van der Waals surface area (Å²) in [5, 5.41) is 9.42. The van der Waals surface area contributed by atoms with Gasteiger partial charge in [0.05, 0.1) is 23.9 Å². The standard InChI is InChI=1S/C12H16ClN3O3/c1-12(2)6-16(3-8(4-17)19-12)11-9(5-18)10(13)14-7-15-11/h5,7-8,17H,3-4,6H2,1-2H3. The lowest BCUT2D eigenvalue weighted by Gasteiger charge is -2.43. The molecule has 0 amide bonds. The maximum Gasteiger partial charge on any atom is 0.156 e. The van der Waals surface area contributed by atoms with Crippen molar-refractivity contribution in [2.24, 2.45) is 0 Å². The minimum atomic E-state index is -0.441. The highest BCUT2D eigenvalue weighted by atomic mass is 35.5. The average molecular weight is 286 g/mol. The molecule has 1 aliphatic rings. The lowest BCUT2D eigenvalue weighted by atomic mass is 10.0. The first kappa shape index (κ1) is 14.2. The predicted molar refractivity (Wildman–Crippen MR) is 70.7 cm³/mol. The molecule has 1 unspecified atom stereocenters. The molecule has 1 aliphatic heterocycles. The number of carbonyl (C=O) groups excluding carboxylic acids is 1. The Morgan fingerprint density at radius 2 is 2.37 bits per heavy atom. The number of carbonyl (C=O) groups is 1. The molecule has 1 saturated heterocycles. The van der Waals surface area contributed by atoms with Crippen LogP contribution < -0.4 is 4.90 Å². The van der Waals surface area contributed by atoms with Crippen molar-refractivity contribution in [2.45, 2.75) is 25.6 Å². The number of ether oxygens (including phenoxy) is 1. The maximum absolute atomic E-state index is 11.1. The molecule has 0 aliphatic carbocycles. The number of aliphatic hydroxyl groups is 1. The van der Waals surface area contributed by atoms with Crippen LogP contribution in [0.5, 0.6) is 0 Å². The second-order valence-corrected chi connectivity index (χ2v) is 5.44. The predicted octanol–water partition coefficient (Wildman–Crippen LogP) is 0.919. The third-order valence-corrected chi connectivity index (χ3v) is 3.22. The van der Waals surface area contributed by atoms with Gasteiger partial charge in [0.2, 0.25) is 0 Å². The molecule has 1 atom stereocenters. The highest BCUT2D eigenvalue weighted by molar-refractivity contribution is 6.32. The smallest absolute Gasteiger partial charge is 0.156 e. The molecule has 1 aromatic heterocycles. The van der Waals surface area contributed by atoms with Crippen molar-refractivity contribution in [3.8, 4) is 0 Å². The number of aldehydes is 1. The minimum absolute atomic E-state index is 0.0881. The fourth-order valence-corrected chi connectivity index (χ4v) is 2.44. The zero-order valence-corrected chi connectivity index (χ0v) is 11.6. The topological polar surface area (TPSA) is 75.6 Å². The van der Waals surface area contributed by atoms with Gasteiger partial charge in [0.25, 0.3) is 0 Å². The first-order chi connectivity index (χ1) is 8.96. The van der Waals surface area contributed by atoms with Gasteiger partial charge in [-0.2, -0.15) is 0 Å². The zero-order chi connectivity index (χ0) is 14.0. The van der Waals surface area contributed by atoms with Crippen LogP contribution in [0.3, 0.4) is 0 Å². The molecule has 2 rings (SSSR count). The van der Waals surface area contributed by atoms with Crippen LogP contribution in [0.15, 0.2) is 6.33 Å². The lowest BCUT2D eigenvalue weighted by molar-refractivity contribution is -0.101. The second-order valence-electron chi connectivity index (χ2n) is 5.08. The number of hydrogen-bond donors (Lipinski definition) is 1. The molecule has 0 saturated carbocycles. The van der Waals surface area contributed by atoms with Crippen molar-refractivity contribution in [3.63, 3.8) is 0 Å². The van der Waals surface area contributed by atoms with Gasteiger partial charge in [0.15, 0.2) is 6.29 Å². The summed E-state index contributed by atoms with van der Waals surface area (Å²) >= 11 is 5.90. The van der Waals surface area contributed by atoms with Crippen LogP contribution in [0.1, 0.15) is 24.2 Å². The van der Waals surface area contributed by atoms with Crippen LogP contribution in [0.2, 0.25) is 5.15 Å². The second kappa shape index (κ2) is 5.40. The molecule has 0 radical (unpaired) electrons.